The maximum atomic E-state index is 5.19. The van der Waals surface area contributed by atoms with Gasteiger partial charge in [-0.3, -0.25) is 0 Å². The van der Waals surface area contributed by atoms with Gasteiger partial charge in [-0.05, 0) is 50.6 Å². The van der Waals surface area contributed by atoms with E-state index >= 15 is 0 Å². The van der Waals surface area contributed by atoms with Crippen LogP contribution in [-0.4, -0.2) is 56.5 Å². The Hall–Kier alpha value is -0.390. The first-order valence-electron chi connectivity index (χ1n) is 6.49. The van der Waals surface area contributed by atoms with Crippen LogP contribution < -0.4 is 10.6 Å². The lowest BCUT2D eigenvalue weighted by atomic mass is 9.97. The summed E-state index contributed by atoms with van der Waals surface area (Å²) >= 11 is 5.19. The summed E-state index contributed by atoms with van der Waals surface area (Å²) in [5.74, 6) is 0.764. The molecular formula is C12H25N3OS. The Morgan fingerprint density at radius 1 is 1.35 bits per heavy atom. The Labute approximate surface area is 110 Å². The third kappa shape index (κ3) is 6.19. The van der Waals surface area contributed by atoms with Crippen LogP contribution in [0.5, 0.6) is 0 Å². The second-order valence-electron chi connectivity index (χ2n) is 4.51. The molecule has 0 amide bonds. The standard InChI is InChI=1S/C12H25N3OS/c1-3-15-7-4-11(5-8-15)10-14-12(17)13-6-9-16-2/h11H,3-10H2,1-2H3,(H2,13,14,17). The van der Waals surface area contributed by atoms with Gasteiger partial charge in [-0.1, -0.05) is 6.92 Å². The lowest BCUT2D eigenvalue weighted by molar-refractivity contribution is 0.193. The summed E-state index contributed by atoms with van der Waals surface area (Å²) in [5, 5.41) is 7.17. The van der Waals surface area contributed by atoms with E-state index in [9.17, 15) is 0 Å². The summed E-state index contributed by atoms with van der Waals surface area (Å²) in [7, 11) is 1.69. The fourth-order valence-electron chi connectivity index (χ4n) is 2.07. The van der Waals surface area contributed by atoms with Gasteiger partial charge in [0.15, 0.2) is 5.11 Å². The van der Waals surface area contributed by atoms with Crippen LogP contribution in [0.3, 0.4) is 0 Å². The molecule has 0 aromatic heterocycles. The van der Waals surface area contributed by atoms with Crippen LogP contribution in [0.15, 0.2) is 0 Å². The second-order valence-corrected chi connectivity index (χ2v) is 4.92. The predicted molar refractivity (Wildman–Crippen MR) is 75.3 cm³/mol. The minimum absolute atomic E-state index is 0.691. The van der Waals surface area contributed by atoms with Crippen LogP contribution in [0, 0.1) is 5.92 Å². The number of nitrogens with one attached hydrogen (secondary N) is 2. The summed E-state index contributed by atoms with van der Waals surface area (Å²) in [5.41, 5.74) is 0. The minimum Gasteiger partial charge on any atom is -0.383 e. The topological polar surface area (TPSA) is 36.5 Å². The molecule has 0 bridgehead atoms. The van der Waals surface area contributed by atoms with Gasteiger partial charge in [-0.2, -0.15) is 0 Å². The zero-order valence-electron chi connectivity index (χ0n) is 11.0. The summed E-state index contributed by atoms with van der Waals surface area (Å²) in [4.78, 5) is 2.51. The van der Waals surface area contributed by atoms with Crippen LogP contribution in [0.4, 0.5) is 0 Å². The third-order valence-electron chi connectivity index (χ3n) is 3.30. The number of piperidine rings is 1. The molecule has 1 rings (SSSR count). The summed E-state index contributed by atoms with van der Waals surface area (Å²) in [6, 6.07) is 0. The molecule has 0 aliphatic carbocycles. The molecule has 100 valence electrons. The highest BCUT2D eigenvalue weighted by Crippen LogP contribution is 2.15. The van der Waals surface area contributed by atoms with Crippen LogP contribution in [0.2, 0.25) is 0 Å². The number of hydrogen-bond donors (Lipinski definition) is 2. The Balaban J connectivity index is 2.04. The summed E-state index contributed by atoms with van der Waals surface area (Å²) < 4.78 is 4.96. The maximum Gasteiger partial charge on any atom is 0.166 e. The van der Waals surface area contributed by atoms with E-state index < -0.39 is 0 Å². The Morgan fingerprint density at radius 2 is 2.06 bits per heavy atom. The molecule has 2 N–H and O–H groups in total. The quantitative estimate of drug-likeness (QED) is 0.546. The number of methoxy groups -OCH3 is 1. The monoisotopic (exact) mass is 259 g/mol. The molecule has 1 aliphatic rings. The van der Waals surface area contributed by atoms with Crippen molar-refractivity contribution in [2.75, 3.05) is 46.4 Å². The Bertz CT molecular complexity index is 218. The molecule has 0 saturated carbocycles. The van der Waals surface area contributed by atoms with Gasteiger partial charge >= 0.3 is 0 Å². The first-order valence-corrected chi connectivity index (χ1v) is 6.90. The van der Waals surface area contributed by atoms with E-state index in [2.05, 4.69) is 22.5 Å². The molecule has 0 aromatic rings. The first-order chi connectivity index (χ1) is 8.26. The van der Waals surface area contributed by atoms with E-state index in [0.29, 0.717) is 6.61 Å². The van der Waals surface area contributed by atoms with Gasteiger partial charge in [-0.25, -0.2) is 0 Å². The average molecular weight is 259 g/mol. The number of likely N-dealkylation sites (tertiary alicyclic amines) is 1. The normalized spacial score (nSPS) is 18.0. The fourth-order valence-corrected chi connectivity index (χ4v) is 2.26. The van der Waals surface area contributed by atoms with Gasteiger partial charge in [0.05, 0.1) is 6.61 Å². The molecule has 1 fully saturated rings. The van der Waals surface area contributed by atoms with Gasteiger partial charge in [0.25, 0.3) is 0 Å². The number of hydrogen-bond acceptors (Lipinski definition) is 3. The predicted octanol–water partition coefficient (Wildman–Crippen LogP) is 0.829. The number of nitrogens with zero attached hydrogens (tertiary/aromatic N) is 1. The zero-order valence-corrected chi connectivity index (χ0v) is 11.8. The maximum absolute atomic E-state index is 5.19. The van der Waals surface area contributed by atoms with Gasteiger partial charge in [-0.15, -0.1) is 0 Å². The molecule has 17 heavy (non-hydrogen) atoms. The molecule has 0 radical (unpaired) electrons. The van der Waals surface area contributed by atoms with Crippen molar-refractivity contribution < 1.29 is 4.74 Å². The third-order valence-corrected chi connectivity index (χ3v) is 3.59. The Kier molecular flexibility index (Phi) is 7.48. The molecule has 5 heteroatoms. The van der Waals surface area contributed by atoms with E-state index in [1.165, 1.54) is 32.5 Å². The van der Waals surface area contributed by atoms with Crippen molar-refractivity contribution in [1.82, 2.24) is 15.5 Å². The molecule has 1 saturated heterocycles. The van der Waals surface area contributed by atoms with E-state index in [1.54, 1.807) is 7.11 Å². The van der Waals surface area contributed by atoms with Crippen molar-refractivity contribution in [2.45, 2.75) is 19.8 Å². The largest absolute Gasteiger partial charge is 0.383 e. The van der Waals surface area contributed by atoms with Gasteiger partial charge < -0.3 is 20.3 Å². The lowest BCUT2D eigenvalue weighted by Gasteiger charge is -2.31. The molecule has 4 nitrogen and oxygen atoms in total. The highest BCUT2D eigenvalue weighted by atomic mass is 32.1. The molecule has 1 heterocycles. The summed E-state index contributed by atoms with van der Waals surface area (Å²) in [6.45, 7) is 8.33. The number of ether oxygens (including phenoxy) is 1. The van der Waals surface area contributed by atoms with E-state index in [-0.39, 0.29) is 0 Å². The van der Waals surface area contributed by atoms with E-state index in [0.717, 1.165) is 24.1 Å². The van der Waals surface area contributed by atoms with Crippen molar-refractivity contribution in [3.8, 4) is 0 Å². The second kappa shape index (κ2) is 8.66. The Morgan fingerprint density at radius 3 is 2.65 bits per heavy atom. The SMILES string of the molecule is CCN1CCC(CNC(=S)NCCOC)CC1. The molecular weight excluding hydrogens is 234 g/mol. The van der Waals surface area contributed by atoms with Crippen molar-refractivity contribution >= 4 is 17.3 Å². The molecule has 1 aliphatic heterocycles. The van der Waals surface area contributed by atoms with Crippen molar-refractivity contribution in [3.63, 3.8) is 0 Å². The van der Waals surface area contributed by atoms with Crippen LogP contribution in [0.1, 0.15) is 19.8 Å². The van der Waals surface area contributed by atoms with Gasteiger partial charge in [0.2, 0.25) is 0 Å². The first kappa shape index (κ1) is 14.7. The van der Waals surface area contributed by atoms with Crippen molar-refractivity contribution in [3.05, 3.63) is 0 Å². The summed E-state index contributed by atoms with van der Waals surface area (Å²) in [6.07, 6.45) is 2.56. The molecule has 0 spiro atoms. The van der Waals surface area contributed by atoms with Crippen LogP contribution in [-0.2, 0) is 4.74 Å². The number of rotatable bonds is 6. The minimum atomic E-state index is 0.691. The average Bonchev–Trinajstić information content (AvgIpc) is 2.37. The highest BCUT2D eigenvalue weighted by molar-refractivity contribution is 7.80. The molecule has 0 atom stereocenters. The zero-order chi connectivity index (χ0) is 12.5. The smallest absolute Gasteiger partial charge is 0.166 e. The van der Waals surface area contributed by atoms with E-state index in [4.69, 9.17) is 17.0 Å². The van der Waals surface area contributed by atoms with Gasteiger partial charge in [0, 0.05) is 20.2 Å². The van der Waals surface area contributed by atoms with Crippen molar-refractivity contribution in [1.29, 1.82) is 0 Å². The van der Waals surface area contributed by atoms with Crippen LogP contribution >= 0.6 is 12.2 Å². The van der Waals surface area contributed by atoms with Crippen molar-refractivity contribution in [2.24, 2.45) is 5.92 Å². The van der Waals surface area contributed by atoms with E-state index in [1.807, 2.05) is 0 Å². The molecule has 0 unspecified atom stereocenters. The van der Waals surface area contributed by atoms with Gasteiger partial charge in [0.1, 0.15) is 0 Å². The highest BCUT2D eigenvalue weighted by Gasteiger charge is 2.17. The lowest BCUT2D eigenvalue weighted by Crippen LogP contribution is -2.42. The number of thiocarbonyl (C=S) groups is 1. The molecule has 0 aromatic carbocycles. The van der Waals surface area contributed by atoms with Crippen LogP contribution in [0.25, 0.3) is 0 Å². The fraction of sp³-hybridized carbons (Fsp3) is 0.917.